The van der Waals surface area contributed by atoms with Gasteiger partial charge in [0.1, 0.15) is 5.82 Å². The van der Waals surface area contributed by atoms with E-state index < -0.39 is 0 Å². The van der Waals surface area contributed by atoms with Gasteiger partial charge in [0, 0.05) is 44.3 Å². The summed E-state index contributed by atoms with van der Waals surface area (Å²) in [5.74, 6) is 1.85. The normalized spacial score (nSPS) is 20.6. The maximum atomic E-state index is 5.62. The van der Waals surface area contributed by atoms with Gasteiger partial charge in [-0.05, 0) is 55.9 Å². The molecule has 2 N–H and O–H groups in total. The van der Waals surface area contributed by atoms with Crippen molar-refractivity contribution in [3.05, 3.63) is 46.3 Å². The van der Waals surface area contributed by atoms with Gasteiger partial charge in [0.25, 0.3) is 0 Å². The molecule has 2 aromatic heterocycles. The van der Waals surface area contributed by atoms with Crippen LogP contribution in [0.2, 0.25) is 0 Å². The maximum absolute atomic E-state index is 5.62. The first-order chi connectivity index (χ1) is 15.2. The van der Waals surface area contributed by atoms with Crippen LogP contribution in [0, 0.1) is 0 Å². The number of likely N-dealkylation sites (tertiary alicyclic amines) is 1. The highest BCUT2D eigenvalue weighted by molar-refractivity contribution is 14.0. The first-order valence-corrected chi connectivity index (χ1v) is 12.1. The van der Waals surface area contributed by atoms with E-state index in [1.54, 1.807) is 0 Å². The quantitative estimate of drug-likeness (QED) is 0.302. The molecule has 0 aliphatic carbocycles. The fraction of sp³-hybridized carbons (Fsp3) is 0.565. The van der Waals surface area contributed by atoms with E-state index in [9.17, 15) is 0 Å². The number of hydrogen-bond donors (Lipinski definition) is 2. The van der Waals surface area contributed by atoms with Crippen LogP contribution in [0.25, 0.3) is 0 Å². The Morgan fingerprint density at radius 3 is 2.75 bits per heavy atom. The van der Waals surface area contributed by atoms with Crippen LogP contribution in [0.15, 0.2) is 40.8 Å². The van der Waals surface area contributed by atoms with Gasteiger partial charge in [-0.15, -0.1) is 35.3 Å². The molecule has 4 rings (SSSR count). The van der Waals surface area contributed by atoms with Crippen LogP contribution in [0.5, 0.6) is 0 Å². The number of nitrogens with one attached hydrogen (secondary N) is 2. The summed E-state index contributed by atoms with van der Waals surface area (Å²) < 4.78 is 5.62. The number of aromatic nitrogens is 1. The van der Waals surface area contributed by atoms with E-state index in [2.05, 4.69) is 67.0 Å². The molecule has 0 radical (unpaired) electrons. The van der Waals surface area contributed by atoms with Crippen molar-refractivity contribution < 1.29 is 4.74 Å². The Morgan fingerprint density at radius 2 is 2.09 bits per heavy atom. The third-order valence-electron chi connectivity index (χ3n) is 5.97. The SMILES string of the molecule is CN=C(NCc1ccc(N2CCOC(C)C2)nc1)NCC(c1cccs1)N1CCCC1.I. The van der Waals surface area contributed by atoms with Crippen molar-refractivity contribution in [3.8, 4) is 0 Å². The number of morpholine rings is 1. The van der Waals surface area contributed by atoms with Gasteiger partial charge in [0.05, 0.1) is 18.8 Å². The largest absolute Gasteiger partial charge is 0.375 e. The second-order valence-electron chi connectivity index (χ2n) is 8.23. The van der Waals surface area contributed by atoms with Crippen LogP contribution in [0.4, 0.5) is 5.82 Å². The molecular formula is C23H35IN6OS. The molecule has 0 saturated carbocycles. The van der Waals surface area contributed by atoms with Gasteiger partial charge in [0.15, 0.2) is 5.96 Å². The van der Waals surface area contributed by atoms with Crippen LogP contribution in [0.3, 0.4) is 0 Å². The van der Waals surface area contributed by atoms with Gasteiger partial charge < -0.3 is 20.3 Å². The van der Waals surface area contributed by atoms with Gasteiger partial charge >= 0.3 is 0 Å². The summed E-state index contributed by atoms with van der Waals surface area (Å²) in [7, 11) is 1.83. The van der Waals surface area contributed by atoms with Gasteiger partial charge in [-0.2, -0.15) is 0 Å². The molecule has 2 aliphatic heterocycles. The number of pyridine rings is 1. The number of hydrogen-bond acceptors (Lipinski definition) is 6. The monoisotopic (exact) mass is 570 g/mol. The molecule has 2 unspecified atom stereocenters. The number of thiophene rings is 1. The number of guanidine groups is 1. The summed E-state index contributed by atoms with van der Waals surface area (Å²) in [4.78, 5) is 15.4. The number of halogens is 1. The Labute approximate surface area is 212 Å². The van der Waals surface area contributed by atoms with Gasteiger partial charge in [-0.3, -0.25) is 9.89 Å². The zero-order valence-electron chi connectivity index (χ0n) is 19.0. The minimum Gasteiger partial charge on any atom is -0.375 e. The molecule has 9 heteroatoms. The Kier molecular flexibility index (Phi) is 10.0. The summed E-state index contributed by atoms with van der Waals surface area (Å²) in [5.41, 5.74) is 1.14. The van der Waals surface area contributed by atoms with Crippen molar-refractivity contribution in [3.63, 3.8) is 0 Å². The second kappa shape index (κ2) is 12.7. The lowest BCUT2D eigenvalue weighted by molar-refractivity contribution is 0.0529. The van der Waals surface area contributed by atoms with Crippen LogP contribution in [-0.2, 0) is 11.3 Å². The van der Waals surface area contributed by atoms with Gasteiger partial charge in [-0.1, -0.05) is 12.1 Å². The van der Waals surface area contributed by atoms with Crippen LogP contribution < -0.4 is 15.5 Å². The number of nitrogens with zero attached hydrogens (tertiary/aromatic N) is 4. The summed E-state index contributed by atoms with van der Waals surface area (Å²) in [6, 6.07) is 9.03. The summed E-state index contributed by atoms with van der Waals surface area (Å²) >= 11 is 1.84. The first kappa shape index (κ1) is 25.2. The standard InChI is InChI=1S/C23H34N6OS.HI/c1-18-17-29(11-12-30-18)22-8-7-19(14-25-22)15-26-23(24-2)27-16-20(21-6-5-13-31-21)28-9-3-4-10-28;/h5-8,13-14,18,20H,3-4,9-12,15-17H2,1-2H3,(H2,24,26,27);1H. The zero-order chi connectivity index (χ0) is 21.5. The van der Waals surface area contributed by atoms with E-state index in [0.717, 1.165) is 43.6 Å². The minimum absolute atomic E-state index is 0. The van der Waals surface area contributed by atoms with Crippen molar-refractivity contribution >= 4 is 47.1 Å². The number of ether oxygens (including phenoxy) is 1. The molecule has 4 heterocycles. The van der Waals surface area contributed by atoms with Crippen molar-refractivity contribution in [1.29, 1.82) is 0 Å². The summed E-state index contributed by atoms with van der Waals surface area (Å²) in [6.07, 6.45) is 4.79. The molecule has 2 atom stereocenters. The van der Waals surface area contributed by atoms with E-state index in [0.29, 0.717) is 12.6 Å². The summed E-state index contributed by atoms with van der Waals surface area (Å²) in [5, 5.41) is 9.13. The first-order valence-electron chi connectivity index (χ1n) is 11.3. The minimum atomic E-state index is 0. The lowest BCUT2D eigenvalue weighted by Gasteiger charge is -2.32. The molecule has 0 aromatic carbocycles. The molecule has 0 bridgehead atoms. The lowest BCUT2D eigenvalue weighted by atomic mass is 10.2. The fourth-order valence-electron chi connectivity index (χ4n) is 4.28. The Hall–Kier alpha value is -1.43. The fourth-order valence-corrected chi connectivity index (χ4v) is 5.14. The molecule has 176 valence electrons. The molecule has 0 spiro atoms. The predicted octanol–water partition coefficient (Wildman–Crippen LogP) is 3.49. The molecule has 7 nitrogen and oxygen atoms in total. The maximum Gasteiger partial charge on any atom is 0.191 e. The van der Waals surface area contributed by atoms with E-state index in [1.165, 1.54) is 30.8 Å². The highest BCUT2D eigenvalue weighted by Crippen LogP contribution is 2.27. The summed E-state index contributed by atoms with van der Waals surface area (Å²) in [6.45, 7) is 8.56. The molecular weight excluding hydrogens is 535 g/mol. The smallest absolute Gasteiger partial charge is 0.191 e. The van der Waals surface area contributed by atoms with Crippen molar-refractivity contribution in [1.82, 2.24) is 20.5 Å². The molecule has 2 fully saturated rings. The molecule has 2 aromatic rings. The zero-order valence-corrected chi connectivity index (χ0v) is 22.1. The van der Waals surface area contributed by atoms with Crippen molar-refractivity contribution in [2.24, 2.45) is 4.99 Å². The van der Waals surface area contributed by atoms with Crippen molar-refractivity contribution in [2.45, 2.75) is 38.5 Å². The number of anilines is 1. The lowest BCUT2D eigenvalue weighted by Crippen LogP contribution is -2.42. The van der Waals surface area contributed by atoms with Gasteiger partial charge in [-0.25, -0.2) is 4.98 Å². The average Bonchev–Trinajstić information content (AvgIpc) is 3.51. The van der Waals surface area contributed by atoms with E-state index in [-0.39, 0.29) is 30.1 Å². The predicted molar refractivity (Wildman–Crippen MR) is 143 cm³/mol. The topological polar surface area (TPSA) is 65.0 Å². The Morgan fingerprint density at radius 1 is 1.25 bits per heavy atom. The van der Waals surface area contributed by atoms with E-state index in [1.807, 2.05) is 24.6 Å². The van der Waals surface area contributed by atoms with Crippen LogP contribution >= 0.6 is 35.3 Å². The Balaban J connectivity index is 0.00000289. The third kappa shape index (κ3) is 6.79. The highest BCUT2D eigenvalue weighted by Gasteiger charge is 2.24. The molecule has 2 saturated heterocycles. The number of aliphatic imine (C=N–C) groups is 1. The van der Waals surface area contributed by atoms with Crippen molar-refractivity contribution in [2.75, 3.05) is 51.3 Å². The Bertz CT molecular complexity index is 826. The van der Waals surface area contributed by atoms with Crippen LogP contribution in [0.1, 0.15) is 36.2 Å². The molecule has 32 heavy (non-hydrogen) atoms. The molecule has 0 amide bonds. The van der Waals surface area contributed by atoms with Crippen LogP contribution in [-0.4, -0.2) is 68.3 Å². The molecule has 2 aliphatic rings. The second-order valence-corrected chi connectivity index (χ2v) is 9.21. The third-order valence-corrected chi connectivity index (χ3v) is 6.95. The van der Waals surface area contributed by atoms with Gasteiger partial charge in [0.2, 0.25) is 0 Å². The van der Waals surface area contributed by atoms with E-state index >= 15 is 0 Å². The van der Waals surface area contributed by atoms with E-state index in [4.69, 9.17) is 4.74 Å². The highest BCUT2D eigenvalue weighted by atomic mass is 127. The average molecular weight is 571 g/mol. The number of rotatable bonds is 7.